The number of benzene rings is 1. The van der Waals surface area contributed by atoms with E-state index in [1.807, 2.05) is 0 Å². The second-order valence-electron chi connectivity index (χ2n) is 5.61. The fourth-order valence-electron chi connectivity index (χ4n) is 2.90. The lowest BCUT2D eigenvalue weighted by Crippen LogP contribution is -2.49. The lowest BCUT2D eigenvalue weighted by molar-refractivity contribution is 0.119. The average molecular weight is 263 g/mol. The van der Waals surface area contributed by atoms with Gasteiger partial charge >= 0.3 is 0 Å². The maximum absolute atomic E-state index is 9.68. The quantitative estimate of drug-likeness (QED) is 0.829. The maximum atomic E-state index is 9.68. The van der Waals surface area contributed by atoms with Crippen molar-refractivity contribution in [2.45, 2.75) is 50.8 Å². The maximum Gasteiger partial charge on any atom is 0.0713 e. The van der Waals surface area contributed by atoms with Gasteiger partial charge in [0.05, 0.1) is 13.2 Å². The molecule has 2 rings (SSSR count). The zero-order valence-electron chi connectivity index (χ0n) is 11.8. The predicted molar refractivity (Wildman–Crippen MR) is 76.9 cm³/mol. The molecule has 1 aliphatic rings. The standard InChI is InChI=1S/C16H25NO2/c1-19-12-15-7-5-6-14(10-15)11-17-16(13-18)8-3-2-4-9-16/h5-7,10,17-18H,2-4,8-9,11-13H2,1H3. The van der Waals surface area contributed by atoms with Crippen molar-refractivity contribution in [2.75, 3.05) is 13.7 Å². The van der Waals surface area contributed by atoms with Crippen LogP contribution < -0.4 is 5.32 Å². The number of methoxy groups -OCH3 is 1. The average Bonchev–Trinajstić information content (AvgIpc) is 2.47. The molecule has 0 spiro atoms. The van der Waals surface area contributed by atoms with Crippen LogP contribution in [0.15, 0.2) is 24.3 Å². The molecule has 0 unspecified atom stereocenters. The number of hydrogen-bond donors (Lipinski definition) is 2. The Morgan fingerprint density at radius 1 is 1.21 bits per heavy atom. The molecule has 1 aromatic carbocycles. The smallest absolute Gasteiger partial charge is 0.0713 e. The predicted octanol–water partition coefficient (Wildman–Crippen LogP) is 2.62. The molecule has 3 nitrogen and oxygen atoms in total. The normalized spacial score (nSPS) is 18.4. The van der Waals surface area contributed by atoms with E-state index in [-0.39, 0.29) is 12.1 Å². The van der Waals surface area contributed by atoms with Gasteiger partial charge < -0.3 is 15.2 Å². The number of rotatable bonds is 6. The topological polar surface area (TPSA) is 41.5 Å². The molecule has 2 N–H and O–H groups in total. The van der Waals surface area contributed by atoms with E-state index in [0.29, 0.717) is 6.61 Å². The first-order valence-corrected chi connectivity index (χ1v) is 7.21. The van der Waals surface area contributed by atoms with Crippen LogP contribution in [-0.4, -0.2) is 24.4 Å². The number of hydrogen-bond acceptors (Lipinski definition) is 3. The minimum absolute atomic E-state index is 0.0600. The van der Waals surface area contributed by atoms with Gasteiger partial charge in [0, 0.05) is 19.2 Å². The first-order valence-electron chi connectivity index (χ1n) is 7.21. The van der Waals surface area contributed by atoms with Gasteiger partial charge in [0.2, 0.25) is 0 Å². The Bertz CT molecular complexity index is 386. The molecule has 19 heavy (non-hydrogen) atoms. The van der Waals surface area contributed by atoms with Gasteiger partial charge in [-0.2, -0.15) is 0 Å². The van der Waals surface area contributed by atoms with Gasteiger partial charge in [0.15, 0.2) is 0 Å². The van der Waals surface area contributed by atoms with Crippen LogP contribution in [-0.2, 0) is 17.9 Å². The summed E-state index contributed by atoms with van der Waals surface area (Å²) >= 11 is 0. The molecule has 0 radical (unpaired) electrons. The van der Waals surface area contributed by atoms with Gasteiger partial charge in [-0.3, -0.25) is 0 Å². The summed E-state index contributed by atoms with van der Waals surface area (Å²) in [6.45, 7) is 1.71. The van der Waals surface area contributed by atoms with Gasteiger partial charge in [-0.15, -0.1) is 0 Å². The lowest BCUT2D eigenvalue weighted by Gasteiger charge is -2.36. The summed E-state index contributed by atoms with van der Waals surface area (Å²) < 4.78 is 5.16. The van der Waals surface area contributed by atoms with Crippen LogP contribution >= 0.6 is 0 Å². The van der Waals surface area contributed by atoms with Crippen molar-refractivity contribution in [1.29, 1.82) is 0 Å². The third-order valence-corrected chi connectivity index (χ3v) is 4.08. The Morgan fingerprint density at radius 2 is 1.95 bits per heavy atom. The number of aliphatic hydroxyl groups is 1. The Balaban J connectivity index is 1.94. The summed E-state index contributed by atoms with van der Waals surface area (Å²) in [4.78, 5) is 0. The molecule has 1 fully saturated rings. The summed E-state index contributed by atoms with van der Waals surface area (Å²) in [5.74, 6) is 0. The molecule has 1 aliphatic carbocycles. The summed E-state index contributed by atoms with van der Waals surface area (Å²) in [7, 11) is 1.72. The highest BCUT2D eigenvalue weighted by Gasteiger charge is 2.30. The van der Waals surface area contributed by atoms with Crippen molar-refractivity contribution in [3.8, 4) is 0 Å². The molecule has 0 amide bonds. The first kappa shape index (κ1) is 14.5. The monoisotopic (exact) mass is 263 g/mol. The van der Waals surface area contributed by atoms with Crippen molar-refractivity contribution >= 4 is 0 Å². The summed E-state index contributed by atoms with van der Waals surface area (Å²) in [5.41, 5.74) is 2.40. The Labute approximate surface area is 116 Å². The van der Waals surface area contributed by atoms with Crippen molar-refractivity contribution in [2.24, 2.45) is 0 Å². The largest absolute Gasteiger partial charge is 0.394 e. The third-order valence-electron chi connectivity index (χ3n) is 4.08. The van der Waals surface area contributed by atoms with E-state index in [0.717, 1.165) is 19.4 Å². The van der Waals surface area contributed by atoms with E-state index in [1.54, 1.807) is 7.11 Å². The number of aliphatic hydroxyl groups excluding tert-OH is 1. The van der Waals surface area contributed by atoms with Gasteiger partial charge in [-0.25, -0.2) is 0 Å². The molecule has 106 valence electrons. The molecule has 0 bridgehead atoms. The zero-order valence-corrected chi connectivity index (χ0v) is 11.8. The van der Waals surface area contributed by atoms with Crippen LogP contribution in [0.25, 0.3) is 0 Å². The molecule has 0 aliphatic heterocycles. The Kier molecular flexibility index (Phi) is 5.37. The summed E-state index contributed by atoms with van der Waals surface area (Å²) in [6.07, 6.45) is 5.91. The molecular weight excluding hydrogens is 238 g/mol. The van der Waals surface area contributed by atoms with Gasteiger partial charge in [0.25, 0.3) is 0 Å². The molecule has 0 saturated heterocycles. The van der Waals surface area contributed by atoms with E-state index < -0.39 is 0 Å². The van der Waals surface area contributed by atoms with E-state index in [1.165, 1.54) is 30.4 Å². The zero-order chi connectivity index (χ0) is 13.6. The lowest BCUT2D eigenvalue weighted by atomic mass is 9.82. The van der Waals surface area contributed by atoms with Crippen molar-refractivity contribution in [3.05, 3.63) is 35.4 Å². The first-order chi connectivity index (χ1) is 9.28. The molecule has 0 aromatic heterocycles. The van der Waals surface area contributed by atoms with E-state index in [9.17, 15) is 5.11 Å². The molecule has 1 aromatic rings. The van der Waals surface area contributed by atoms with Crippen LogP contribution in [0.1, 0.15) is 43.2 Å². The SMILES string of the molecule is COCc1cccc(CNC2(CO)CCCCC2)c1. The molecule has 0 atom stereocenters. The minimum atomic E-state index is -0.0600. The second-order valence-corrected chi connectivity index (χ2v) is 5.61. The van der Waals surface area contributed by atoms with Crippen LogP contribution in [0.5, 0.6) is 0 Å². The van der Waals surface area contributed by atoms with Crippen molar-refractivity contribution < 1.29 is 9.84 Å². The number of nitrogens with one attached hydrogen (secondary N) is 1. The fourth-order valence-corrected chi connectivity index (χ4v) is 2.90. The van der Waals surface area contributed by atoms with Crippen molar-refractivity contribution in [1.82, 2.24) is 5.32 Å². The fraction of sp³-hybridized carbons (Fsp3) is 0.625. The highest BCUT2D eigenvalue weighted by atomic mass is 16.5. The van der Waals surface area contributed by atoms with E-state index >= 15 is 0 Å². The minimum Gasteiger partial charge on any atom is -0.394 e. The van der Waals surface area contributed by atoms with Crippen molar-refractivity contribution in [3.63, 3.8) is 0 Å². The molecule has 0 heterocycles. The third kappa shape index (κ3) is 4.03. The second kappa shape index (κ2) is 7.04. The van der Waals surface area contributed by atoms with Crippen LogP contribution in [0, 0.1) is 0 Å². The molecular formula is C16H25NO2. The number of ether oxygens (including phenoxy) is 1. The molecule has 1 saturated carbocycles. The highest BCUT2D eigenvalue weighted by molar-refractivity contribution is 5.23. The Hall–Kier alpha value is -0.900. The van der Waals surface area contributed by atoms with Gasteiger partial charge in [0.1, 0.15) is 0 Å². The molecule has 3 heteroatoms. The van der Waals surface area contributed by atoms with Crippen LogP contribution in [0.3, 0.4) is 0 Å². The highest BCUT2D eigenvalue weighted by Crippen LogP contribution is 2.28. The Morgan fingerprint density at radius 3 is 2.63 bits per heavy atom. The van der Waals surface area contributed by atoms with E-state index in [4.69, 9.17) is 4.74 Å². The van der Waals surface area contributed by atoms with E-state index in [2.05, 4.69) is 29.6 Å². The van der Waals surface area contributed by atoms with Gasteiger partial charge in [-0.05, 0) is 24.0 Å². The van der Waals surface area contributed by atoms with Crippen LogP contribution in [0.4, 0.5) is 0 Å². The summed E-state index contributed by atoms with van der Waals surface area (Å²) in [6, 6.07) is 8.44. The summed E-state index contributed by atoms with van der Waals surface area (Å²) in [5, 5.41) is 13.3. The van der Waals surface area contributed by atoms with Gasteiger partial charge in [-0.1, -0.05) is 43.5 Å². The van der Waals surface area contributed by atoms with Crippen LogP contribution in [0.2, 0.25) is 0 Å².